The Hall–Kier alpha value is -0.900. The van der Waals surface area contributed by atoms with Crippen molar-refractivity contribution >= 4 is 0 Å². The minimum Gasteiger partial charge on any atom is -0.383 e. The van der Waals surface area contributed by atoms with Gasteiger partial charge in [0.05, 0.1) is 6.20 Å². The van der Waals surface area contributed by atoms with Crippen LogP contribution < -0.4 is 0 Å². The van der Waals surface area contributed by atoms with Gasteiger partial charge in [-0.05, 0) is 24.7 Å². The van der Waals surface area contributed by atoms with Crippen molar-refractivity contribution < 1.29 is 5.11 Å². The maximum absolute atomic E-state index is 10.1. The molecule has 0 amide bonds. The molecule has 0 saturated heterocycles. The standard InChI is InChI=1S/C8H11N3O/c12-8(7-4-9-11-10-7)5-2-1-3-6(5)8/h4-6,12H,1-3H2,(H,9,10,11). The zero-order valence-electron chi connectivity index (χ0n) is 6.70. The third-order valence-corrected chi connectivity index (χ3v) is 3.36. The lowest BCUT2D eigenvalue weighted by Gasteiger charge is -2.09. The van der Waals surface area contributed by atoms with Crippen LogP contribution in [0.5, 0.6) is 0 Å². The first kappa shape index (κ1) is 6.60. The van der Waals surface area contributed by atoms with E-state index in [9.17, 15) is 5.11 Å². The maximum Gasteiger partial charge on any atom is 0.116 e. The summed E-state index contributed by atoms with van der Waals surface area (Å²) in [7, 11) is 0. The molecule has 0 aromatic carbocycles. The fourth-order valence-electron chi connectivity index (χ4n) is 2.70. The average Bonchev–Trinajstić information content (AvgIpc) is 2.62. The molecule has 3 rings (SSSR count). The summed E-state index contributed by atoms with van der Waals surface area (Å²) in [4.78, 5) is 0. The van der Waals surface area contributed by atoms with E-state index in [2.05, 4.69) is 15.4 Å². The van der Waals surface area contributed by atoms with Crippen molar-refractivity contribution in [1.29, 1.82) is 0 Å². The molecule has 2 N–H and O–H groups in total. The highest BCUT2D eigenvalue weighted by Crippen LogP contribution is 2.65. The highest BCUT2D eigenvalue weighted by Gasteiger charge is 2.67. The van der Waals surface area contributed by atoms with Crippen molar-refractivity contribution in [3.05, 3.63) is 11.9 Å². The summed E-state index contributed by atoms with van der Waals surface area (Å²) in [6.45, 7) is 0. The Labute approximate surface area is 70.0 Å². The predicted molar refractivity (Wildman–Crippen MR) is 41.1 cm³/mol. The molecule has 0 radical (unpaired) electrons. The van der Waals surface area contributed by atoms with Gasteiger partial charge in [0.1, 0.15) is 11.3 Å². The normalized spacial score (nSPS) is 44.4. The molecule has 2 aliphatic rings. The summed E-state index contributed by atoms with van der Waals surface area (Å²) in [5.74, 6) is 0.921. The number of hydrogen-bond donors (Lipinski definition) is 2. The minimum absolute atomic E-state index is 0.461. The van der Waals surface area contributed by atoms with Crippen LogP contribution in [0.15, 0.2) is 6.20 Å². The van der Waals surface area contributed by atoms with Crippen LogP contribution in [-0.2, 0) is 5.60 Å². The largest absolute Gasteiger partial charge is 0.383 e. The maximum atomic E-state index is 10.1. The summed E-state index contributed by atoms with van der Waals surface area (Å²) >= 11 is 0. The summed E-state index contributed by atoms with van der Waals surface area (Å²) in [6.07, 6.45) is 5.19. The molecular weight excluding hydrogens is 154 g/mol. The van der Waals surface area contributed by atoms with Crippen molar-refractivity contribution in [3.8, 4) is 0 Å². The Kier molecular flexibility index (Phi) is 1.03. The monoisotopic (exact) mass is 165 g/mol. The van der Waals surface area contributed by atoms with Gasteiger partial charge >= 0.3 is 0 Å². The van der Waals surface area contributed by atoms with Gasteiger partial charge in [-0.3, -0.25) is 0 Å². The van der Waals surface area contributed by atoms with E-state index in [0.29, 0.717) is 11.8 Å². The first-order valence-corrected chi connectivity index (χ1v) is 4.42. The molecule has 1 aromatic rings. The predicted octanol–water partition coefficient (Wildman–Crippen LogP) is 0.422. The van der Waals surface area contributed by atoms with E-state index in [1.807, 2.05) is 0 Å². The van der Waals surface area contributed by atoms with Crippen LogP contribution in [0.3, 0.4) is 0 Å². The Morgan fingerprint density at radius 1 is 1.50 bits per heavy atom. The Balaban J connectivity index is 1.96. The number of aromatic nitrogens is 3. The van der Waals surface area contributed by atoms with Crippen molar-refractivity contribution in [2.75, 3.05) is 0 Å². The van der Waals surface area contributed by atoms with Gasteiger partial charge in [0.25, 0.3) is 0 Å². The van der Waals surface area contributed by atoms with E-state index in [0.717, 1.165) is 18.5 Å². The lowest BCUT2D eigenvalue weighted by atomic mass is 10.1. The van der Waals surface area contributed by atoms with Gasteiger partial charge < -0.3 is 5.11 Å². The number of nitrogens with zero attached hydrogens (tertiary/aromatic N) is 2. The van der Waals surface area contributed by atoms with E-state index in [1.165, 1.54) is 6.42 Å². The molecule has 0 spiro atoms. The number of rotatable bonds is 1. The van der Waals surface area contributed by atoms with Crippen molar-refractivity contribution in [2.24, 2.45) is 11.8 Å². The lowest BCUT2D eigenvalue weighted by molar-refractivity contribution is 0.101. The second-order valence-electron chi connectivity index (χ2n) is 3.82. The van der Waals surface area contributed by atoms with Gasteiger partial charge in [0.2, 0.25) is 0 Å². The third kappa shape index (κ3) is 0.579. The highest BCUT2D eigenvalue weighted by molar-refractivity contribution is 5.25. The summed E-state index contributed by atoms with van der Waals surface area (Å²) in [5, 5.41) is 20.4. The smallest absolute Gasteiger partial charge is 0.116 e. The number of aliphatic hydroxyl groups is 1. The molecule has 1 aromatic heterocycles. The molecule has 2 fully saturated rings. The molecule has 2 saturated carbocycles. The van der Waals surface area contributed by atoms with Crippen LogP contribution in [0, 0.1) is 11.8 Å². The minimum atomic E-state index is -0.620. The van der Waals surface area contributed by atoms with Crippen molar-refractivity contribution in [1.82, 2.24) is 15.4 Å². The van der Waals surface area contributed by atoms with Crippen molar-refractivity contribution in [3.63, 3.8) is 0 Å². The Morgan fingerprint density at radius 3 is 2.83 bits per heavy atom. The first-order chi connectivity index (χ1) is 5.83. The van der Waals surface area contributed by atoms with Gasteiger partial charge in [-0.1, -0.05) is 6.42 Å². The lowest BCUT2D eigenvalue weighted by Crippen LogP contribution is -2.13. The van der Waals surface area contributed by atoms with Crippen LogP contribution in [0.2, 0.25) is 0 Å². The van der Waals surface area contributed by atoms with Crippen LogP contribution >= 0.6 is 0 Å². The zero-order chi connectivity index (χ0) is 8.18. The Bertz CT molecular complexity index is 285. The van der Waals surface area contributed by atoms with Gasteiger partial charge in [-0.15, -0.1) is 0 Å². The number of nitrogens with one attached hydrogen (secondary N) is 1. The zero-order valence-corrected chi connectivity index (χ0v) is 6.70. The van der Waals surface area contributed by atoms with E-state index < -0.39 is 5.60 Å². The topological polar surface area (TPSA) is 61.8 Å². The van der Waals surface area contributed by atoms with E-state index in [-0.39, 0.29) is 0 Å². The highest BCUT2D eigenvalue weighted by atomic mass is 16.3. The number of H-pyrrole nitrogens is 1. The molecule has 0 aliphatic heterocycles. The first-order valence-electron chi connectivity index (χ1n) is 4.42. The molecule has 2 unspecified atom stereocenters. The van der Waals surface area contributed by atoms with Crippen LogP contribution in [0.4, 0.5) is 0 Å². The van der Waals surface area contributed by atoms with Crippen LogP contribution in [0.1, 0.15) is 25.0 Å². The Morgan fingerprint density at radius 2 is 2.25 bits per heavy atom. The number of aromatic amines is 1. The summed E-state index contributed by atoms with van der Waals surface area (Å²) in [6, 6.07) is 0. The molecule has 4 heteroatoms. The van der Waals surface area contributed by atoms with Gasteiger partial charge in [-0.25, -0.2) is 0 Å². The van der Waals surface area contributed by atoms with E-state index >= 15 is 0 Å². The van der Waals surface area contributed by atoms with Crippen molar-refractivity contribution in [2.45, 2.75) is 24.9 Å². The molecule has 0 bridgehead atoms. The second kappa shape index (κ2) is 1.88. The molecule has 64 valence electrons. The third-order valence-electron chi connectivity index (χ3n) is 3.36. The molecule has 2 aliphatic carbocycles. The average molecular weight is 165 g/mol. The summed E-state index contributed by atoms with van der Waals surface area (Å²) in [5.41, 5.74) is 0.114. The molecule has 12 heavy (non-hydrogen) atoms. The SMILES string of the molecule is OC1(c2cn[nH]n2)C2CCCC21. The van der Waals surface area contributed by atoms with Gasteiger partial charge in [0, 0.05) is 0 Å². The van der Waals surface area contributed by atoms with Crippen LogP contribution in [-0.4, -0.2) is 20.5 Å². The quantitative estimate of drug-likeness (QED) is 0.634. The molecule has 2 atom stereocenters. The summed E-state index contributed by atoms with van der Waals surface area (Å²) < 4.78 is 0. The fourth-order valence-corrected chi connectivity index (χ4v) is 2.70. The van der Waals surface area contributed by atoms with Crippen LogP contribution in [0.25, 0.3) is 0 Å². The second-order valence-corrected chi connectivity index (χ2v) is 3.82. The number of hydrogen-bond acceptors (Lipinski definition) is 3. The fraction of sp³-hybridized carbons (Fsp3) is 0.750. The number of fused-ring (bicyclic) bond motifs is 1. The molecule has 4 nitrogen and oxygen atoms in total. The molecule has 1 heterocycles. The van der Waals surface area contributed by atoms with Gasteiger partial charge in [-0.2, -0.15) is 15.4 Å². The molecular formula is C8H11N3O. The van der Waals surface area contributed by atoms with E-state index in [4.69, 9.17) is 0 Å². The van der Waals surface area contributed by atoms with Gasteiger partial charge in [0.15, 0.2) is 0 Å². The van der Waals surface area contributed by atoms with E-state index in [1.54, 1.807) is 6.20 Å².